The first kappa shape index (κ1) is 13.0. The monoisotopic (exact) mass is 274 g/mol. The van der Waals surface area contributed by atoms with E-state index in [1.54, 1.807) is 10.4 Å². The summed E-state index contributed by atoms with van der Waals surface area (Å²) >= 11 is 1.39. The van der Waals surface area contributed by atoms with Crippen molar-refractivity contribution in [1.29, 1.82) is 0 Å². The fraction of sp³-hybridized carbons (Fsp3) is 0.636. The lowest BCUT2D eigenvalue weighted by atomic mass is 10.4. The maximum atomic E-state index is 12.4. The molecule has 4 nitrogen and oxygen atoms in total. The number of nitrogens with zero attached hydrogens (tertiary/aromatic N) is 1. The van der Waals surface area contributed by atoms with Crippen molar-refractivity contribution in [2.75, 3.05) is 26.2 Å². The van der Waals surface area contributed by atoms with Gasteiger partial charge in [0.2, 0.25) is 0 Å². The minimum absolute atomic E-state index is 0.483. The van der Waals surface area contributed by atoms with Crippen LogP contribution in [0.3, 0.4) is 0 Å². The third-order valence-electron chi connectivity index (χ3n) is 2.88. The van der Waals surface area contributed by atoms with E-state index in [4.69, 9.17) is 0 Å². The van der Waals surface area contributed by atoms with E-state index in [0.29, 0.717) is 17.3 Å². The third kappa shape index (κ3) is 2.88. The molecule has 1 fully saturated rings. The van der Waals surface area contributed by atoms with E-state index in [1.165, 1.54) is 11.3 Å². The van der Waals surface area contributed by atoms with Crippen LogP contribution >= 0.6 is 11.3 Å². The van der Waals surface area contributed by atoms with Crippen molar-refractivity contribution in [3.63, 3.8) is 0 Å². The van der Waals surface area contributed by atoms with Gasteiger partial charge >= 0.3 is 0 Å². The molecule has 0 spiro atoms. The zero-order chi connectivity index (χ0) is 12.3. The van der Waals surface area contributed by atoms with Gasteiger partial charge in [0, 0.05) is 24.5 Å². The van der Waals surface area contributed by atoms with Gasteiger partial charge < -0.3 is 5.32 Å². The molecule has 96 valence electrons. The van der Waals surface area contributed by atoms with E-state index in [-0.39, 0.29) is 0 Å². The molecule has 1 saturated heterocycles. The molecule has 0 unspecified atom stereocenters. The lowest BCUT2D eigenvalue weighted by molar-refractivity contribution is 0.433. The van der Waals surface area contributed by atoms with Crippen LogP contribution < -0.4 is 5.32 Å². The molecule has 0 radical (unpaired) electrons. The average molecular weight is 274 g/mol. The van der Waals surface area contributed by atoms with Crippen LogP contribution in [0.25, 0.3) is 0 Å². The largest absolute Gasteiger partial charge is 0.315 e. The van der Waals surface area contributed by atoms with Gasteiger partial charge in [0.05, 0.1) is 0 Å². The maximum Gasteiger partial charge on any atom is 0.252 e. The van der Waals surface area contributed by atoms with E-state index in [0.717, 1.165) is 30.8 Å². The van der Waals surface area contributed by atoms with Gasteiger partial charge in [-0.05, 0) is 31.5 Å². The first-order chi connectivity index (χ1) is 8.14. The average Bonchev–Trinajstić information content (AvgIpc) is 2.64. The first-order valence-corrected chi connectivity index (χ1v) is 8.20. The van der Waals surface area contributed by atoms with Gasteiger partial charge in [-0.15, -0.1) is 11.3 Å². The Morgan fingerprint density at radius 1 is 1.35 bits per heavy atom. The fourth-order valence-corrected chi connectivity index (χ4v) is 4.80. The van der Waals surface area contributed by atoms with E-state index in [1.807, 2.05) is 13.0 Å². The Kier molecular flexibility index (Phi) is 4.19. The molecule has 0 atom stereocenters. The van der Waals surface area contributed by atoms with Gasteiger partial charge in [0.1, 0.15) is 4.21 Å². The van der Waals surface area contributed by atoms with Crippen molar-refractivity contribution in [3.05, 3.63) is 17.0 Å². The normalized spacial score (nSPS) is 19.1. The summed E-state index contributed by atoms with van der Waals surface area (Å²) in [6.07, 6.45) is 1.77. The third-order valence-corrected chi connectivity index (χ3v) is 6.47. The summed E-state index contributed by atoms with van der Waals surface area (Å²) in [5, 5.41) is 3.21. The Morgan fingerprint density at radius 3 is 2.88 bits per heavy atom. The minimum atomic E-state index is -3.26. The molecule has 0 saturated carbocycles. The molecule has 1 aliphatic rings. The summed E-state index contributed by atoms with van der Waals surface area (Å²) in [6, 6.07) is 3.64. The van der Waals surface area contributed by atoms with Crippen LogP contribution in [0.5, 0.6) is 0 Å². The highest BCUT2D eigenvalue weighted by Crippen LogP contribution is 2.25. The summed E-state index contributed by atoms with van der Waals surface area (Å²) < 4.78 is 26.8. The van der Waals surface area contributed by atoms with Crippen LogP contribution in [0, 0.1) is 0 Å². The van der Waals surface area contributed by atoms with Gasteiger partial charge in [-0.25, -0.2) is 8.42 Å². The topological polar surface area (TPSA) is 49.4 Å². The lowest BCUT2D eigenvalue weighted by Gasteiger charge is -2.18. The molecule has 17 heavy (non-hydrogen) atoms. The lowest BCUT2D eigenvalue weighted by Crippen LogP contribution is -2.33. The SMILES string of the molecule is CCc1ccc(S(=O)(=O)N2CCCNCC2)s1. The van der Waals surface area contributed by atoms with E-state index >= 15 is 0 Å². The Bertz CT molecular complexity index is 460. The molecule has 1 aromatic rings. The standard InChI is InChI=1S/C11H18N2O2S2/c1-2-10-4-5-11(16-10)17(14,15)13-8-3-6-12-7-9-13/h4-5,12H,2-3,6-9H2,1H3. The summed E-state index contributed by atoms with van der Waals surface area (Å²) in [4.78, 5) is 1.12. The zero-order valence-corrected chi connectivity index (χ0v) is 11.6. The number of thiophene rings is 1. The Labute approximate surface area is 107 Å². The van der Waals surface area contributed by atoms with Gasteiger partial charge in [-0.3, -0.25) is 0 Å². The molecular formula is C11H18N2O2S2. The highest BCUT2D eigenvalue weighted by atomic mass is 32.2. The quantitative estimate of drug-likeness (QED) is 0.904. The summed E-state index contributed by atoms with van der Waals surface area (Å²) in [6.45, 7) is 4.87. The highest BCUT2D eigenvalue weighted by Gasteiger charge is 2.26. The van der Waals surface area contributed by atoms with Crippen LogP contribution in [-0.4, -0.2) is 38.9 Å². The summed E-state index contributed by atoms with van der Waals surface area (Å²) in [7, 11) is -3.26. The minimum Gasteiger partial charge on any atom is -0.315 e. The molecule has 0 amide bonds. The van der Waals surface area contributed by atoms with Crippen LogP contribution in [0.2, 0.25) is 0 Å². The summed E-state index contributed by atoms with van der Waals surface area (Å²) in [5.41, 5.74) is 0. The molecule has 1 aromatic heterocycles. The first-order valence-electron chi connectivity index (χ1n) is 5.94. The molecule has 2 rings (SSSR count). The number of hydrogen-bond donors (Lipinski definition) is 1. The van der Waals surface area contributed by atoms with Crippen molar-refractivity contribution in [2.45, 2.75) is 24.0 Å². The molecule has 2 heterocycles. The Hall–Kier alpha value is -0.430. The molecule has 6 heteroatoms. The van der Waals surface area contributed by atoms with Crippen LogP contribution in [-0.2, 0) is 16.4 Å². The second kappa shape index (κ2) is 5.48. The van der Waals surface area contributed by atoms with Crippen molar-refractivity contribution >= 4 is 21.4 Å². The van der Waals surface area contributed by atoms with Crippen molar-refractivity contribution < 1.29 is 8.42 Å². The molecular weight excluding hydrogens is 256 g/mol. The van der Waals surface area contributed by atoms with Crippen LogP contribution in [0.1, 0.15) is 18.2 Å². The van der Waals surface area contributed by atoms with Crippen LogP contribution in [0.15, 0.2) is 16.3 Å². The van der Waals surface area contributed by atoms with Crippen molar-refractivity contribution in [1.82, 2.24) is 9.62 Å². The number of rotatable bonds is 3. The predicted octanol–water partition coefficient (Wildman–Crippen LogP) is 1.29. The molecule has 0 aromatic carbocycles. The van der Waals surface area contributed by atoms with Crippen molar-refractivity contribution in [3.8, 4) is 0 Å². The fourth-order valence-electron chi connectivity index (χ4n) is 1.88. The molecule has 0 bridgehead atoms. The van der Waals surface area contributed by atoms with Crippen molar-refractivity contribution in [2.24, 2.45) is 0 Å². The second-order valence-electron chi connectivity index (χ2n) is 4.08. The smallest absolute Gasteiger partial charge is 0.252 e. The molecule has 1 N–H and O–H groups in total. The van der Waals surface area contributed by atoms with E-state index in [9.17, 15) is 8.42 Å². The number of nitrogens with one attached hydrogen (secondary N) is 1. The number of aryl methyl sites for hydroxylation is 1. The molecule has 0 aliphatic carbocycles. The van der Waals surface area contributed by atoms with E-state index in [2.05, 4.69) is 5.32 Å². The van der Waals surface area contributed by atoms with Gasteiger partial charge in [0.15, 0.2) is 0 Å². The maximum absolute atomic E-state index is 12.4. The Balaban J connectivity index is 2.22. The van der Waals surface area contributed by atoms with Gasteiger partial charge in [0.25, 0.3) is 10.0 Å². The van der Waals surface area contributed by atoms with Gasteiger partial charge in [-0.1, -0.05) is 6.92 Å². The van der Waals surface area contributed by atoms with E-state index < -0.39 is 10.0 Å². The Morgan fingerprint density at radius 2 is 2.18 bits per heavy atom. The molecule has 1 aliphatic heterocycles. The zero-order valence-electron chi connectivity index (χ0n) is 9.98. The van der Waals surface area contributed by atoms with Gasteiger partial charge in [-0.2, -0.15) is 4.31 Å². The predicted molar refractivity (Wildman–Crippen MR) is 69.9 cm³/mol. The van der Waals surface area contributed by atoms with Crippen LogP contribution in [0.4, 0.5) is 0 Å². The second-order valence-corrected chi connectivity index (χ2v) is 7.42. The highest BCUT2D eigenvalue weighted by molar-refractivity contribution is 7.91. The summed E-state index contributed by atoms with van der Waals surface area (Å²) in [5.74, 6) is 0. The number of hydrogen-bond acceptors (Lipinski definition) is 4. The number of sulfonamides is 1.